The van der Waals surface area contributed by atoms with Gasteiger partial charge in [-0.25, -0.2) is 9.89 Å². The summed E-state index contributed by atoms with van der Waals surface area (Å²) in [5.41, 5.74) is 6.04. The van der Waals surface area contributed by atoms with Crippen molar-refractivity contribution in [2.75, 3.05) is 16.8 Å². The van der Waals surface area contributed by atoms with E-state index in [-0.39, 0.29) is 23.2 Å². The number of aromatic nitrogens is 3. The van der Waals surface area contributed by atoms with Gasteiger partial charge in [-0.15, -0.1) is 5.10 Å². The highest BCUT2D eigenvalue weighted by molar-refractivity contribution is 7.99. The third-order valence-corrected chi connectivity index (χ3v) is 3.08. The van der Waals surface area contributed by atoms with Crippen molar-refractivity contribution < 1.29 is 14.7 Å². The van der Waals surface area contributed by atoms with Gasteiger partial charge in [-0.2, -0.15) is 4.98 Å². The molecule has 0 radical (unpaired) electrons. The first-order valence-electron chi connectivity index (χ1n) is 5.48. The lowest BCUT2D eigenvalue weighted by molar-refractivity contribution is -0.113. The van der Waals surface area contributed by atoms with Crippen LogP contribution in [0.15, 0.2) is 29.4 Å². The Balaban J connectivity index is 1.86. The molecule has 104 valence electrons. The van der Waals surface area contributed by atoms with Gasteiger partial charge in [0, 0.05) is 5.69 Å². The zero-order valence-corrected chi connectivity index (χ0v) is 11.0. The number of carboxylic acids is 1. The Morgan fingerprint density at radius 3 is 2.60 bits per heavy atom. The molecule has 0 bridgehead atoms. The Labute approximate surface area is 117 Å². The number of thioether (sulfide) groups is 1. The molecule has 1 aromatic carbocycles. The molecule has 0 atom stereocenters. The molecule has 2 rings (SSSR count). The van der Waals surface area contributed by atoms with E-state index in [1.165, 1.54) is 24.3 Å². The van der Waals surface area contributed by atoms with Gasteiger partial charge in [0.2, 0.25) is 17.0 Å². The number of carbonyl (C=O) groups is 2. The van der Waals surface area contributed by atoms with Crippen LogP contribution < -0.4 is 11.1 Å². The van der Waals surface area contributed by atoms with Crippen molar-refractivity contribution in [2.45, 2.75) is 5.16 Å². The van der Waals surface area contributed by atoms with Crippen molar-refractivity contribution in [3.8, 4) is 0 Å². The van der Waals surface area contributed by atoms with Crippen LogP contribution in [-0.4, -0.2) is 37.9 Å². The summed E-state index contributed by atoms with van der Waals surface area (Å²) in [5.74, 6) is -0.947. The molecule has 0 saturated carbocycles. The molecule has 0 aliphatic heterocycles. The van der Waals surface area contributed by atoms with Crippen molar-refractivity contribution in [1.82, 2.24) is 15.2 Å². The number of benzene rings is 1. The van der Waals surface area contributed by atoms with Gasteiger partial charge in [0.25, 0.3) is 0 Å². The number of carboxylic acid groups (broad SMARTS) is 1. The number of anilines is 2. The molecule has 8 nitrogen and oxygen atoms in total. The highest BCUT2D eigenvalue weighted by Gasteiger charge is 2.08. The second kappa shape index (κ2) is 6.06. The second-order valence-electron chi connectivity index (χ2n) is 3.72. The molecule has 20 heavy (non-hydrogen) atoms. The Kier molecular flexibility index (Phi) is 4.20. The van der Waals surface area contributed by atoms with Crippen LogP contribution >= 0.6 is 11.8 Å². The first-order valence-corrected chi connectivity index (χ1v) is 6.47. The lowest BCUT2D eigenvalue weighted by Gasteiger charge is -2.04. The molecule has 0 fully saturated rings. The largest absolute Gasteiger partial charge is 0.478 e. The summed E-state index contributed by atoms with van der Waals surface area (Å²) < 4.78 is 0. The number of nitrogens with one attached hydrogen (secondary N) is 2. The van der Waals surface area contributed by atoms with E-state index in [2.05, 4.69) is 20.5 Å². The maximum absolute atomic E-state index is 11.7. The number of H-pyrrole nitrogens is 1. The Hall–Kier alpha value is -2.55. The summed E-state index contributed by atoms with van der Waals surface area (Å²) in [5, 5.41) is 18.0. The summed E-state index contributed by atoms with van der Waals surface area (Å²) in [6.07, 6.45) is 0. The van der Waals surface area contributed by atoms with Crippen molar-refractivity contribution >= 4 is 35.3 Å². The monoisotopic (exact) mass is 293 g/mol. The summed E-state index contributed by atoms with van der Waals surface area (Å²) in [6, 6.07) is 5.88. The van der Waals surface area contributed by atoms with Crippen LogP contribution in [0, 0.1) is 0 Å². The molecule has 5 N–H and O–H groups in total. The van der Waals surface area contributed by atoms with E-state index in [4.69, 9.17) is 10.8 Å². The van der Waals surface area contributed by atoms with Crippen LogP contribution in [0.1, 0.15) is 10.4 Å². The number of hydrogen-bond acceptors (Lipinski definition) is 6. The predicted octanol–water partition coefficient (Wildman–Crippen LogP) is 0.816. The van der Waals surface area contributed by atoms with E-state index >= 15 is 0 Å². The zero-order chi connectivity index (χ0) is 14.5. The SMILES string of the molecule is Nc1nc(SCC(=O)Nc2ccc(C(=O)O)cc2)n[nH]1. The van der Waals surface area contributed by atoms with Gasteiger partial charge in [0.1, 0.15) is 0 Å². The first kappa shape index (κ1) is 13.9. The molecule has 9 heteroatoms. The van der Waals surface area contributed by atoms with E-state index in [1.54, 1.807) is 0 Å². The lowest BCUT2D eigenvalue weighted by atomic mass is 10.2. The summed E-state index contributed by atoms with van der Waals surface area (Å²) in [4.78, 5) is 26.2. The third kappa shape index (κ3) is 3.72. The molecule has 1 aromatic heterocycles. The van der Waals surface area contributed by atoms with Gasteiger partial charge >= 0.3 is 5.97 Å². The van der Waals surface area contributed by atoms with Gasteiger partial charge < -0.3 is 16.2 Å². The van der Waals surface area contributed by atoms with Gasteiger partial charge in [0.15, 0.2) is 0 Å². The topological polar surface area (TPSA) is 134 Å². The Morgan fingerprint density at radius 1 is 1.35 bits per heavy atom. The molecule has 0 saturated heterocycles. The lowest BCUT2D eigenvalue weighted by Crippen LogP contribution is -2.14. The molecule has 0 unspecified atom stereocenters. The number of hydrogen-bond donors (Lipinski definition) is 4. The summed E-state index contributed by atoms with van der Waals surface area (Å²) >= 11 is 1.14. The normalized spacial score (nSPS) is 10.2. The number of rotatable bonds is 5. The first-order chi connectivity index (χ1) is 9.54. The van der Waals surface area contributed by atoms with Crippen LogP contribution in [0.4, 0.5) is 11.6 Å². The molecule has 2 aromatic rings. The van der Waals surface area contributed by atoms with E-state index in [0.717, 1.165) is 11.8 Å². The van der Waals surface area contributed by atoms with Gasteiger partial charge in [-0.1, -0.05) is 11.8 Å². The fourth-order valence-corrected chi connectivity index (χ4v) is 1.95. The average Bonchev–Trinajstić information content (AvgIpc) is 2.83. The number of amides is 1. The molecule has 0 spiro atoms. The number of carbonyl (C=O) groups excluding carboxylic acids is 1. The van der Waals surface area contributed by atoms with Crippen LogP contribution in [0.2, 0.25) is 0 Å². The highest BCUT2D eigenvalue weighted by atomic mass is 32.2. The minimum Gasteiger partial charge on any atom is -0.478 e. The van der Waals surface area contributed by atoms with E-state index < -0.39 is 5.97 Å². The van der Waals surface area contributed by atoms with Gasteiger partial charge in [0.05, 0.1) is 11.3 Å². The maximum atomic E-state index is 11.7. The molecule has 1 heterocycles. The standard InChI is InChI=1S/C11H11N5O3S/c12-10-14-11(16-15-10)20-5-8(17)13-7-3-1-6(2-4-7)9(18)19/h1-4H,5H2,(H,13,17)(H,18,19)(H3,12,14,15,16). The van der Waals surface area contributed by atoms with Crippen LogP contribution in [-0.2, 0) is 4.79 Å². The smallest absolute Gasteiger partial charge is 0.335 e. The van der Waals surface area contributed by atoms with Gasteiger partial charge in [-0.05, 0) is 24.3 Å². The van der Waals surface area contributed by atoms with Crippen LogP contribution in [0.5, 0.6) is 0 Å². The molecular formula is C11H11N5O3S. The fourth-order valence-electron chi connectivity index (χ4n) is 1.35. The zero-order valence-electron chi connectivity index (χ0n) is 10.2. The van der Waals surface area contributed by atoms with Crippen LogP contribution in [0.25, 0.3) is 0 Å². The second-order valence-corrected chi connectivity index (χ2v) is 4.67. The van der Waals surface area contributed by atoms with Crippen molar-refractivity contribution in [3.05, 3.63) is 29.8 Å². The molecule has 1 amide bonds. The Morgan fingerprint density at radius 2 is 2.05 bits per heavy atom. The minimum atomic E-state index is -1.01. The number of nitrogens with zero attached hydrogens (tertiary/aromatic N) is 2. The quantitative estimate of drug-likeness (QED) is 0.599. The number of aromatic amines is 1. The average molecular weight is 293 g/mol. The third-order valence-electron chi connectivity index (χ3n) is 2.23. The molecule has 0 aliphatic carbocycles. The van der Waals surface area contributed by atoms with Gasteiger partial charge in [-0.3, -0.25) is 4.79 Å². The van der Waals surface area contributed by atoms with Crippen molar-refractivity contribution in [1.29, 1.82) is 0 Å². The van der Waals surface area contributed by atoms with Crippen molar-refractivity contribution in [2.24, 2.45) is 0 Å². The maximum Gasteiger partial charge on any atom is 0.335 e. The van der Waals surface area contributed by atoms with E-state index in [9.17, 15) is 9.59 Å². The predicted molar refractivity (Wildman–Crippen MR) is 73.6 cm³/mol. The van der Waals surface area contributed by atoms with Crippen LogP contribution in [0.3, 0.4) is 0 Å². The van der Waals surface area contributed by atoms with E-state index in [0.29, 0.717) is 10.8 Å². The number of nitrogen functional groups attached to an aromatic ring is 1. The van der Waals surface area contributed by atoms with E-state index in [1.807, 2.05) is 0 Å². The van der Waals surface area contributed by atoms with Crippen molar-refractivity contribution in [3.63, 3.8) is 0 Å². The molecular weight excluding hydrogens is 282 g/mol. The minimum absolute atomic E-state index is 0.123. The summed E-state index contributed by atoms with van der Waals surface area (Å²) in [7, 11) is 0. The highest BCUT2D eigenvalue weighted by Crippen LogP contribution is 2.14. The molecule has 0 aliphatic rings. The number of aromatic carboxylic acids is 1. The summed E-state index contributed by atoms with van der Waals surface area (Å²) in [6.45, 7) is 0. The fraction of sp³-hybridized carbons (Fsp3) is 0.0909. The number of nitrogens with two attached hydrogens (primary N) is 1. The Bertz CT molecular complexity index is 625.